The van der Waals surface area contributed by atoms with Gasteiger partial charge in [-0.15, -0.1) is 0 Å². The second-order valence-corrected chi connectivity index (χ2v) is 15.7. The van der Waals surface area contributed by atoms with Gasteiger partial charge in [0.1, 0.15) is 25.0 Å². The van der Waals surface area contributed by atoms with Crippen LogP contribution in [0.1, 0.15) is 72.6 Å². The molecule has 3 aliphatic heterocycles. The van der Waals surface area contributed by atoms with Crippen molar-refractivity contribution >= 4 is 23.7 Å². The van der Waals surface area contributed by atoms with E-state index in [1.165, 1.54) is 32.4 Å². The number of carboxylic acids is 1. The molecule has 58 heavy (non-hydrogen) atoms. The number of carbonyl (C=O) groups is 3. The first-order valence-electron chi connectivity index (χ1n) is 19.6. The average Bonchev–Trinajstić information content (AvgIpc) is 3.16. The Morgan fingerprint density at radius 3 is 2.36 bits per heavy atom. The molecule has 330 valence electrons. The summed E-state index contributed by atoms with van der Waals surface area (Å²) >= 11 is 0. The Labute approximate surface area is 339 Å². The summed E-state index contributed by atoms with van der Waals surface area (Å²) < 4.78 is 35.7. The number of allylic oxidation sites excluding steroid dienone is 2. The third-order valence-corrected chi connectivity index (χ3v) is 11.2. The lowest BCUT2D eigenvalue weighted by molar-refractivity contribution is -0.332. The third kappa shape index (κ3) is 13.0. The summed E-state index contributed by atoms with van der Waals surface area (Å²) in [6.45, 7) is 11.7. The van der Waals surface area contributed by atoms with E-state index in [9.17, 15) is 39.9 Å². The summed E-state index contributed by atoms with van der Waals surface area (Å²) in [7, 11) is 2.89. The van der Waals surface area contributed by atoms with Crippen LogP contribution in [0.3, 0.4) is 0 Å². The SMILES string of the molecule is C=C1C[C@](OC)([C@H](O)C(=O)N[C@H]2OCO[C@H]3[C@H]2O[C@H](C[C@H](O)CCC[C@H](O)[C@H](O)/C=C/C=C/C(=O)N[C@@H](CCCN=C(N)N)C(=O)O)C(C)(C)[C@@H]3OC)O[C@H](C)[C@@H]1C. The van der Waals surface area contributed by atoms with Crippen molar-refractivity contribution in [3.05, 3.63) is 36.5 Å². The van der Waals surface area contributed by atoms with Gasteiger partial charge in [0.15, 0.2) is 18.3 Å². The van der Waals surface area contributed by atoms with Gasteiger partial charge in [-0.25, -0.2) is 4.79 Å². The number of carbonyl (C=O) groups excluding carboxylic acids is 2. The Morgan fingerprint density at radius 2 is 1.74 bits per heavy atom. The molecule has 0 bridgehead atoms. The van der Waals surface area contributed by atoms with Crippen LogP contribution >= 0.6 is 0 Å². The van der Waals surface area contributed by atoms with Crippen molar-refractivity contribution in [1.29, 1.82) is 0 Å². The number of fused-ring (bicyclic) bond motifs is 1. The van der Waals surface area contributed by atoms with Gasteiger partial charge in [0.2, 0.25) is 11.7 Å². The van der Waals surface area contributed by atoms with Crippen molar-refractivity contribution in [3.8, 4) is 0 Å². The van der Waals surface area contributed by atoms with Gasteiger partial charge in [-0.05, 0) is 39.0 Å². The van der Waals surface area contributed by atoms with E-state index in [0.29, 0.717) is 12.8 Å². The number of hydrogen-bond acceptors (Lipinski definition) is 14. The molecule has 19 nitrogen and oxygen atoms in total. The van der Waals surface area contributed by atoms with Crippen LogP contribution in [0.4, 0.5) is 0 Å². The molecule has 3 aliphatic rings. The first-order chi connectivity index (χ1) is 27.3. The van der Waals surface area contributed by atoms with E-state index >= 15 is 0 Å². The number of nitrogens with one attached hydrogen (secondary N) is 2. The number of guanidine groups is 1. The molecule has 0 aliphatic carbocycles. The van der Waals surface area contributed by atoms with Gasteiger partial charge in [-0.2, -0.15) is 0 Å². The predicted molar refractivity (Wildman–Crippen MR) is 209 cm³/mol. The standard InChI is InChI=1S/C39H65N5O14/c1-21-19-39(54-7,58-23(3)22(21)2)32(49)34(50)44-35-31-30(55-20-56-35)33(53-6)38(4,5)28(57-31)18-24(45)12-10-15-27(47)26(46)14-8-9-16-29(48)43-25(36(51)52)13-11-17-42-37(40)41/h8-9,14,16,22-28,30-33,35,45-47,49H,1,10-13,15,17-20H2,2-7H3,(H,43,48)(H,44,50)(H,51,52)(H4,40,41,42)/b14-8+,16-9+/t22-,23-,24-,25+,26-,27+,28-,30+,31-,32-,33-,35+,39-/m1/s1. The molecule has 0 spiro atoms. The second kappa shape index (κ2) is 22.2. The van der Waals surface area contributed by atoms with Crippen LogP contribution in [0.15, 0.2) is 41.4 Å². The maximum atomic E-state index is 13.5. The number of nitrogens with zero attached hydrogens (tertiary/aromatic N) is 1. The Hall–Kier alpha value is -3.50. The van der Waals surface area contributed by atoms with Crippen molar-refractivity contribution in [1.82, 2.24) is 10.6 Å². The quantitative estimate of drug-likeness (QED) is 0.0179. The minimum Gasteiger partial charge on any atom is -0.480 e. The maximum absolute atomic E-state index is 13.5. The molecule has 3 heterocycles. The molecule has 2 amide bonds. The first kappa shape index (κ1) is 48.9. The van der Waals surface area contributed by atoms with Gasteiger partial charge in [0.05, 0.1) is 36.6 Å². The van der Waals surface area contributed by atoms with E-state index in [4.69, 9.17) is 39.9 Å². The fourth-order valence-electron chi connectivity index (χ4n) is 7.46. The highest BCUT2D eigenvalue weighted by molar-refractivity contribution is 5.91. The zero-order valence-electron chi connectivity index (χ0n) is 34.3. The number of aliphatic carboxylic acids is 1. The molecule has 3 rings (SSSR count). The lowest BCUT2D eigenvalue weighted by Crippen LogP contribution is -2.69. The van der Waals surface area contributed by atoms with E-state index < -0.39 is 90.1 Å². The summed E-state index contributed by atoms with van der Waals surface area (Å²) in [5.41, 5.74) is 10.6. The minimum absolute atomic E-state index is 0.00449. The van der Waals surface area contributed by atoms with Crippen LogP contribution in [0, 0.1) is 11.3 Å². The molecule has 11 N–H and O–H groups in total. The molecule has 3 saturated heterocycles. The first-order valence-corrected chi connectivity index (χ1v) is 19.6. The average molecular weight is 828 g/mol. The molecule has 0 aromatic carbocycles. The van der Waals surface area contributed by atoms with E-state index in [0.717, 1.165) is 11.6 Å². The molecule has 0 aromatic rings. The van der Waals surface area contributed by atoms with Crippen molar-refractivity contribution < 1.29 is 68.3 Å². The summed E-state index contributed by atoms with van der Waals surface area (Å²) in [5, 5.41) is 57.8. The van der Waals surface area contributed by atoms with E-state index in [1.54, 1.807) is 0 Å². The number of aliphatic imine (C=N–C) groups is 1. The number of carboxylic acid groups (broad SMARTS) is 1. The van der Waals surface area contributed by atoms with Crippen LogP contribution in [-0.4, -0.2) is 150 Å². The minimum atomic E-state index is -1.74. The number of aliphatic hydroxyl groups is 4. The lowest BCUT2D eigenvalue weighted by Gasteiger charge is -2.54. The number of rotatable bonds is 21. The molecule has 0 aromatic heterocycles. The van der Waals surface area contributed by atoms with Crippen LogP contribution < -0.4 is 22.1 Å². The zero-order valence-corrected chi connectivity index (χ0v) is 34.3. The van der Waals surface area contributed by atoms with E-state index in [-0.39, 0.29) is 63.4 Å². The number of amides is 2. The van der Waals surface area contributed by atoms with Gasteiger partial charge in [0, 0.05) is 51.0 Å². The summed E-state index contributed by atoms with van der Waals surface area (Å²) in [6.07, 6.45) is -2.74. The van der Waals surface area contributed by atoms with Crippen LogP contribution in [-0.2, 0) is 42.8 Å². The Morgan fingerprint density at radius 1 is 1.03 bits per heavy atom. The molecule has 13 atom stereocenters. The molecule has 0 radical (unpaired) electrons. The fraction of sp³-hybridized carbons (Fsp3) is 0.744. The number of hydrogen-bond donors (Lipinski definition) is 9. The Balaban J connectivity index is 1.53. The van der Waals surface area contributed by atoms with Crippen molar-refractivity contribution in [2.45, 2.75) is 146 Å². The fourth-order valence-corrected chi connectivity index (χ4v) is 7.46. The zero-order chi connectivity index (χ0) is 43.4. The summed E-state index contributed by atoms with van der Waals surface area (Å²) in [5.74, 6) is -4.46. The van der Waals surface area contributed by atoms with Crippen LogP contribution in [0.2, 0.25) is 0 Å². The van der Waals surface area contributed by atoms with E-state index in [1.807, 2.05) is 27.7 Å². The molecule has 0 unspecified atom stereocenters. The predicted octanol–water partition coefficient (Wildman–Crippen LogP) is -0.307. The van der Waals surface area contributed by atoms with Gasteiger partial charge < -0.3 is 76.1 Å². The topological polar surface area (TPSA) is 296 Å². The van der Waals surface area contributed by atoms with Gasteiger partial charge in [-0.1, -0.05) is 51.2 Å². The van der Waals surface area contributed by atoms with Crippen molar-refractivity contribution in [3.63, 3.8) is 0 Å². The molecule has 0 saturated carbocycles. The number of methoxy groups -OCH3 is 2. The number of aliphatic hydroxyl groups excluding tert-OH is 4. The molecular formula is C39H65N5O14. The molecule has 3 fully saturated rings. The maximum Gasteiger partial charge on any atom is 0.326 e. The Bertz CT molecular complexity index is 1470. The highest BCUT2D eigenvalue weighted by Crippen LogP contribution is 2.44. The van der Waals surface area contributed by atoms with Crippen molar-refractivity contribution in [2.24, 2.45) is 27.8 Å². The van der Waals surface area contributed by atoms with E-state index in [2.05, 4.69) is 22.2 Å². The third-order valence-electron chi connectivity index (χ3n) is 11.2. The van der Waals surface area contributed by atoms with Crippen LogP contribution in [0.25, 0.3) is 0 Å². The highest BCUT2D eigenvalue weighted by Gasteiger charge is 2.57. The van der Waals surface area contributed by atoms with Crippen molar-refractivity contribution in [2.75, 3.05) is 27.6 Å². The van der Waals surface area contributed by atoms with Gasteiger partial charge >= 0.3 is 5.97 Å². The Kier molecular flexibility index (Phi) is 18.7. The van der Waals surface area contributed by atoms with Crippen LogP contribution in [0.5, 0.6) is 0 Å². The molecule has 19 heteroatoms. The normalized spacial score (nSPS) is 31.1. The summed E-state index contributed by atoms with van der Waals surface area (Å²) in [4.78, 5) is 41.0. The monoisotopic (exact) mass is 827 g/mol. The summed E-state index contributed by atoms with van der Waals surface area (Å²) in [6, 6.07) is -1.15. The number of ether oxygens (including phenoxy) is 6. The highest BCUT2D eigenvalue weighted by atomic mass is 16.7. The lowest BCUT2D eigenvalue weighted by atomic mass is 9.72. The largest absolute Gasteiger partial charge is 0.480 e. The number of nitrogens with two attached hydrogens (primary N) is 2. The van der Waals surface area contributed by atoms with Gasteiger partial charge in [0.25, 0.3) is 5.91 Å². The smallest absolute Gasteiger partial charge is 0.326 e. The van der Waals surface area contributed by atoms with Gasteiger partial charge in [-0.3, -0.25) is 14.6 Å². The second-order valence-electron chi connectivity index (χ2n) is 15.7. The molecular weight excluding hydrogens is 762 g/mol.